The molecule has 10 heteroatoms. The van der Waals surface area contributed by atoms with Gasteiger partial charge in [0.25, 0.3) is 5.56 Å². The highest BCUT2D eigenvalue weighted by atomic mass is 16.2. The van der Waals surface area contributed by atoms with Crippen molar-refractivity contribution in [3.05, 3.63) is 75.2 Å². The van der Waals surface area contributed by atoms with Gasteiger partial charge in [-0.25, -0.2) is 9.78 Å². The Balaban J connectivity index is 1.36. The second-order valence-corrected chi connectivity index (χ2v) is 8.81. The molecular formula is C25H28N8O2. The lowest BCUT2D eigenvalue weighted by atomic mass is 10.2. The van der Waals surface area contributed by atoms with Gasteiger partial charge in [0.2, 0.25) is 0 Å². The topological polar surface area (TPSA) is 111 Å². The summed E-state index contributed by atoms with van der Waals surface area (Å²) in [6, 6.07) is 11.4. The predicted octanol–water partition coefficient (Wildman–Crippen LogP) is 1.89. The van der Waals surface area contributed by atoms with Crippen LogP contribution >= 0.6 is 0 Å². The number of aromatic nitrogens is 6. The third-order valence-electron chi connectivity index (χ3n) is 6.34. The van der Waals surface area contributed by atoms with Crippen LogP contribution in [-0.2, 0) is 13.6 Å². The number of rotatable bonds is 8. The number of benzene rings is 1. The number of hydrogen-bond donors (Lipinski definition) is 1. The molecule has 0 atom stereocenters. The Hall–Kier alpha value is -3.92. The van der Waals surface area contributed by atoms with Gasteiger partial charge in [0.15, 0.2) is 17.0 Å². The van der Waals surface area contributed by atoms with Gasteiger partial charge in [0.1, 0.15) is 0 Å². The fourth-order valence-corrected chi connectivity index (χ4v) is 4.38. The smallest absolute Gasteiger partial charge is 0.332 e. The molecule has 1 aliphatic heterocycles. The number of likely N-dealkylation sites (tertiary alicyclic amines) is 1. The van der Waals surface area contributed by atoms with Crippen molar-refractivity contribution in [2.75, 3.05) is 31.5 Å². The molecule has 1 fully saturated rings. The lowest BCUT2D eigenvalue weighted by Gasteiger charge is -2.14. The first-order valence-corrected chi connectivity index (χ1v) is 11.9. The van der Waals surface area contributed by atoms with Crippen molar-refractivity contribution in [3.63, 3.8) is 0 Å². The molecule has 35 heavy (non-hydrogen) atoms. The summed E-state index contributed by atoms with van der Waals surface area (Å²) in [6.07, 6.45) is 7.06. The van der Waals surface area contributed by atoms with Crippen molar-refractivity contribution in [2.45, 2.75) is 25.8 Å². The van der Waals surface area contributed by atoms with Crippen molar-refractivity contribution in [2.24, 2.45) is 7.05 Å². The van der Waals surface area contributed by atoms with Crippen LogP contribution in [0.15, 0.2) is 58.4 Å². The molecule has 1 aliphatic rings. The largest absolute Gasteiger partial charge is 0.385 e. The predicted molar refractivity (Wildman–Crippen MR) is 134 cm³/mol. The molecule has 0 amide bonds. The summed E-state index contributed by atoms with van der Waals surface area (Å²) >= 11 is 0. The van der Waals surface area contributed by atoms with Crippen LogP contribution in [0.4, 0.5) is 5.69 Å². The third-order valence-corrected chi connectivity index (χ3v) is 6.34. The van der Waals surface area contributed by atoms with Gasteiger partial charge < -0.3 is 10.2 Å². The highest BCUT2D eigenvalue weighted by molar-refractivity contribution is 5.71. The Morgan fingerprint density at radius 2 is 1.83 bits per heavy atom. The van der Waals surface area contributed by atoms with E-state index in [1.54, 1.807) is 18.5 Å². The zero-order valence-electron chi connectivity index (χ0n) is 19.7. The fraction of sp³-hybridized carbons (Fsp3) is 0.360. The Bertz CT molecular complexity index is 1420. The molecule has 1 saturated heterocycles. The summed E-state index contributed by atoms with van der Waals surface area (Å²) in [7, 11) is 1.44. The summed E-state index contributed by atoms with van der Waals surface area (Å²) < 4.78 is 2.44. The normalized spacial score (nSPS) is 14.0. The first-order valence-electron chi connectivity index (χ1n) is 11.9. The van der Waals surface area contributed by atoms with Crippen LogP contribution in [0.5, 0.6) is 0 Å². The molecule has 180 valence electrons. The van der Waals surface area contributed by atoms with Crippen molar-refractivity contribution >= 4 is 16.9 Å². The molecule has 0 saturated carbocycles. The number of pyridine rings is 1. The highest BCUT2D eigenvalue weighted by Crippen LogP contribution is 2.19. The molecule has 1 aromatic carbocycles. The Kier molecular flexibility index (Phi) is 6.62. The Labute approximate surface area is 202 Å². The molecule has 3 aromatic heterocycles. The lowest BCUT2D eigenvalue weighted by molar-refractivity contribution is 0.337. The van der Waals surface area contributed by atoms with Crippen LogP contribution in [0.25, 0.3) is 22.6 Å². The van der Waals surface area contributed by atoms with Gasteiger partial charge in [-0.2, -0.15) is 0 Å². The van der Waals surface area contributed by atoms with Crippen LogP contribution in [0.2, 0.25) is 0 Å². The Morgan fingerprint density at radius 3 is 2.57 bits per heavy atom. The summed E-state index contributed by atoms with van der Waals surface area (Å²) in [4.78, 5) is 36.7. The number of hydrogen-bond acceptors (Lipinski definition) is 8. The molecule has 5 rings (SSSR count). The molecule has 0 unspecified atom stereocenters. The average Bonchev–Trinajstić information content (AvgIpc) is 3.42. The van der Waals surface area contributed by atoms with Gasteiger partial charge in [-0.3, -0.25) is 18.9 Å². The molecule has 4 aromatic rings. The first-order chi connectivity index (χ1) is 17.1. The number of fused-ring (bicyclic) bond motifs is 1. The fourth-order valence-electron chi connectivity index (χ4n) is 4.38. The summed E-state index contributed by atoms with van der Waals surface area (Å²) in [5, 5.41) is 11.9. The van der Waals surface area contributed by atoms with Crippen molar-refractivity contribution in [1.82, 2.24) is 34.2 Å². The maximum Gasteiger partial charge on any atom is 0.332 e. The van der Waals surface area contributed by atoms with Crippen LogP contribution < -0.4 is 16.6 Å². The Morgan fingerprint density at radius 1 is 1.03 bits per heavy atom. The molecular weight excluding hydrogens is 444 g/mol. The SMILES string of the molecule is Cn1c(=O)c2nc(-c3ccc(NCCCN4CCCC4)cc3)nnc2n(Cc2cccnc2)c1=O. The quantitative estimate of drug-likeness (QED) is 0.387. The standard InChI is InChI=1S/C25H28N8O2/c1-31-24(34)21-23(33(25(31)35)17-18-6-4-11-26-16-18)30-29-22(28-21)19-7-9-20(10-8-19)27-12-5-15-32-13-2-3-14-32/h4,6-11,16,27H,2-3,5,12-15,17H2,1H3. The van der Waals surface area contributed by atoms with E-state index < -0.39 is 11.2 Å². The van der Waals surface area contributed by atoms with E-state index in [9.17, 15) is 9.59 Å². The van der Waals surface area contributed by atoms with E-state index in [2.05, 4.69) is 30.4 Å². The third kappa shape index (κ3) is 4.97. The van der Waals surface area contributed by atoms with E-state index in [4.69, 9.17) is 0 Å². The van der Waals surface area contributed by atoms with Gasteiger partial charge >= 0.3 is 5.69 Å². The van der Waals surface area contributed by atoms with Crippen molar-refractivity contribution in [3.8, 4) is 11.4 Å². The van der Waals surface area contributed by atoms with Crippen molar-refractivity contribution in [1.29, 1.82) is 0 Å². The molecule has 10 nitrogen and oxygen atoms in total. The monoisotopic (exact) mass is 472 g/mol. The van der Waals surface area contributed by atoms with Gasteiger partial charge in [-0.15, -0.1) is 10.2 Å². The molecule has 4 heterocycles. The van der Waals surface area contributed by atoms with Crippen LogP contribution in [0, 0.1) is 0 Å². The zero-order valence-corrected chi connectivity index (χ0v) is 19.7. The summed E-state index contributed by atoms with van der Waals surface area (Å²) in [5.74, 6) is 0.335. The number of anilines is 1. The minimum atomic E-state index is -0.500. The van der Waals surface area contributed by atoms with Crippen LogP contribution in [0.3, 0.4) is 0 Å². The number of nitrogens with one attached hydrogen (secondary N) is 1. The number of nitrogens with zero attached hydrogens (tertiary/aromatic N) is 7. The molecule has 0 spiro atoms. The minimum Gasteiger partial charge on any atom is -0.385 e. The van der Waals surface area contributed by atoms with Gasteiger partial charge in [-0.05, 0) is 74.8 Å². The van der Waals surface area contributed by atoms with E-state index in [0.717, 1.165) is 40.9 Å². The van der Waals surface area contributed by atoms with E-state index in [1.165, 1.54) is 37.5 Å². The second-order valence-electron chi connectivity index (χ2n) is 8.81. The van der Waals surface area contributed by atoms with Gasteiger partial charge in [0.05, 0.1) is 6.54 Å². The van der Waals surface area contributed by atoms with E-state index in [-0.39, 0.29) is 17.7 Å². The second kappa shape index (κ2) is 10.1. The average molecular weight is 473 g/mol. The van der Waals surface area contributed by atoms with Crippen LogP contribution in [-0.4, -0.2) is 60.4 Å². The van der Waals surface area contributed by atoms with Gasteiger partial charge in [0, 0.05) is 37.2 Å². The van der Waals surface area contributed by atoms with Crippen molar-refractivity contribution < 1.29 is 0 Å². The van der Waals surface area contributed by atoms with E-state index in [0.29, 0.717) is 5.82 Å². The molecule has 1 N–H and O–H groups in total. The minimum absolute atomic E-state index is 0.102. The van der Waals surface area contributed by atoms with Crippen LogP contribution in [0.1, 0.15) is 24.8 Å². The maximum absolute atomic E-state index is 12.8. The first kappa shape index (κ1) is 22.9. The zero-order chi connectivity index (χ0) is 24.2. The van der Waals surface area contributed by atoms with Gasteiger partial charge in [-0.1, -0.05) is 6.07 Å². The summed E-state index contributed by atoms with van der Waals surface area (Å²) in [6.45, 7) is 4.69. The highest BCUT2D eigenvalue weighted by Gasteiger charge is 2.16. The van der Waals surface area contributed by atoms with E-state index in [1.807, 2.05) is 30.3 Å². The maximum atomic E-state index is 12.8. The lowest BCUT2D eigenvalue weighted by Crippen LogP contribution is -2.39. The van der Waals surface area contributed by atoms with E-state index >= 15 is 0 Å². The summed E-state index contributed by atoms with van der Waals surface area (Å²) in [5.41, 5.74) is 1.85. The molecule has 0 radical (unpaired) electrons. The molecule has 0 aliphatic carbocycles. The molecule has 0 bridgehead atoms.